The monoisotopic (exact) mass is 260 g/mol. The van der Waals surface area contributed by atoms with Gasteiger partial charge in [0.15, 0.2) is 0 Å². The molecule has 0 aliphatic carbocycles. The fourth-order valence-corrected chi connectivity index (χ4v) is 2.67. The van der Waals surface area contributed by atoms with E-state index in [-0.39, 0.29) is 11.4 Å². The summed E-state index contributed by atoms with van der Waals surface area (Å²) in [6.07, 6.45) is 1.64. The van der Waals surface area contributed by atoms with Gasteiger partial charge in [-0.2, -0.15) is 0 Å². The fraction of sp³-hybridized carbons (Fsp3) is 0.562. The van der Waals surface area contributed by atoms with Crippen LogP contribution in [0.5, 0.6) is 0 Å². The molecule has 1 aromatic carbocycles. The number of hydrogen-bond acceptors (Lipinski definition) is 2. The third-order valence-electron chi connectivity index (χ3n) is 3.49. The Labute approximate surface area is 116 Å². The van der Waals surface area contributed by atoms with Crippen molar-refractivity contribution in [1.29, 1.82) is 0 Å². The average molecular weight is 260 g/mol. The summed E-state index contributed by atoms with van der Waals surface area (Å²) in [5.41, 5.74) is 4.58. The fourth-order valence-electron chi connectivity index (χ4n) is 2.67. The molecule has 1 saturated heterocycles. The zero-order valence-electron chi connectivity index (χ0n) is 12.6. The second-order valence-corrected chi connectivity index (χ2v) is 6.43. The Kier molecular flexibility index (Phi) is 3.57. The number of carbonyl (C=O) groups excluding carboxylic acids is 1. The molecule has 104 valence electrons. The lowest BCUT2D eigenvalue weighted by atomic mass is 10.0. The standard InChI is InChI=1S/C16H24N2O/c1-11-8-9-13(17-16(3,4)5)12(2)15(11)18-10-6-7-14(18)19/h8-9,17H,6-7,10H2,1-5H3. The largest absolute Gasteiger partial charge is 0.380 e. The summed E-state index contributed by atoms with van der Waals surface area (Å²) in [6.45, 7) is 11.5. The Balaban J connectivity index is 2.43. The van der Waals surface area contributed by atoms with E-state index in [1.165, 1.54) is 11.1 Å². The minimum Gasteiger partial charge on any atom is -0.380 e. The predicted octanol–water partition coefficient (Wildman–Crippen LogP) is 3.64. The number of nitrogens with one attached hydrogen (secondary N) is 1. The molecule has 2 rings (SSSR count). The smallest absolute Gasteiger partial charge is 0.227 e. The van der Waals surface area contributed by atoms with Gasteiger partial charge in [0.2, 0.25) is 5.91 Å². The van der Waals surface area contributed by atoms with Gasteiger partial charge in [0.1, 0.15) is 0 Å². The zero-order valence-corrected chi connectivity index (χ0v) is 12.6. The van der Waals surface area contributed by atoms with Crippen LogP contribution in [0.1, 0.15) is 44.7 Å². The van der Waals surface area contributed by atoms with Crippen molar-refractivity contribution in [3.63, 3.8) is 0 Å². The lowest BCUT2D eigenvalue weighted by Gasteiger charge is -2.27. The maximum atomic E-state index is 12.0. The summed E-state index contributed by atoms with van der Waals surface area (Å²) in [4.78, 5) is 13.9. The van der Waals surface area contributed by atoms with E-state index in [4.69, 9.17) is 0 Å². The van der Waals surface area contributed by atoms with Gasteiger partial charge in [0.05, 0.1) is 5.69 Å². The quantitative estimate of drug-likeness (QED) is 0.880. The summed E-state index contributed by atoms with van der Waals surface area (Å²) in [7, 11) is 0. The van der Waals surface area contributed by atoms with Crippen LogP contribution >= 0.6 is 0 Å². The van der Waals surface area contributed by atoms with Crippen LogP contribution in [0.4, 0.5) is 11.4 Å². The minimum absolute atomic E-state index is 0.0201. The van der Waals surface area contributed by atoms with Crippen LogP contribution in [0.25, 0.3) is 0 Å². The first-order valence-corrected chi connectivity index (χ1v) is 6.98. The molecule has 0 spiro atoms. The predicted molar refractivity (Wildman–Crippen MR) is 80.9 cm³/mol. The molecule has 0 saturated carbocycles. The Morgan fingerprint density at radius 3 is 2.42 bits per heavy atom. The van der Waals surface area contributed by atoms with E-state index in [0.29, 0.717) is 6.42 Å². The molecule has 1 aromatic rings. The number of anilines is 2. The third-order valence-corrected chi connectivity index (χ3v) is 3.49. The van der Waals surface area contributed by atoms with Crippen molar-refractivity contribution >= 4 is 17.3 Å². The van der Waals surface area contributed by atoms with Crippen molar-refractivity contribution in [3.05, 3.63) is 23.3 Å². The Morgan fingerprint density at radius 1 is 1.21 bits per heavy atom. The number of nitrogens with zero attached hydrogens (tertiary/aromatic N) is 1. The number of rotatable bonds is 2. The highest BCUT2D eigenvalue weighted by Gasteiger charge is 2.25. The number of benzene rings is 1. The van der Waals surface area contributed by atoms with Crippen molar-refractivity contribution < 1.29 is 4.79 Å². The van der Waals surface area contributed by atoms with Gasteiger partial charge in [-0.15, -0.1) is 0 Å². The molecule has 0 atom stereocenters. The highest BCUT2D eigenvalue weighted by molar-refractivity contribution is 5.97. The first-order valence-electron chi connectivity index (χ1n) is 6.98. The van der Waals surface area contributed by atoms with Crippen molar-refractivity contribution in [3.8, 4) is 0 Å². The average Bonchev–Trinajstić information content (AvgIpc) is 2.68. The lowest BCUT2D eigenvalue weighted by molar-refractivity contribution is -0.117. The van der Waals surface area contributed by atoms with Gasteiger partial charge in [0.25, 0.3) is 0 Å². The molecule has 0 unspecified atom stereocenters. The molecule has 1 heterocycles. The highest BCUT2D eigenvalue weighted by Crippen LogP contribution is 2.34. The van der Waals surface area contributed by atoms with Crippen LogP contribution in [-0.2, 0) is 4.79 Å². The summed E-state index contributed by atoms with van der Waals surface area (Å²) in [6, 6.07) is 4.21. The van der Waals surface area contributed by atoms with Crippen LogP contribution in [0.3, 0.4) is 0 Å². The molecule has 0 radical (unpaired) electrons. The van der Waals surface area contributed by atoms with Crippen LogP contribution < -0.4 is 10.2 Å². The molecule has 1 amide bonds. The zero-order chi connectivity index (χ0) is 14.2. The van der Waals surface area contributed by atoms with Crippen molar-refractivity contribution in [2.75, 3.05) is 16.8 Å². The van der Waals surface area contributed by atoms with E-state index < -0.39 is 0 Å². The van der Waals surface area contributed by atoms with Crippen molar-refractivity contribution in [1.82, 2.24) is 0 Å². The van der Waals surface area contributed by atoms with Crippen LogP contribution in [-0.4, -0.2) is 18.0 Å². The van der Waals surface area contributed by atoms with Gasteiger partial charge in [-0.05, 0) is 58.2 Å². The number of aryl methyl sites for hydroxylation is 1. The van der Waals surface area contributed by atoms with E-state index >= 15 is 0 Å². The minimum atomic E-state index is 0.0201. The molecule has 0 aromatic heterocycles. The molecule has 1 aliphatic heterocycles. The maximum absolute atomic E-state index is 12.0. The van der Waals surface area contributed by atoms with E-state index in [0.717, 1.165) is 24.3 Å². The Hall–Kier alpha value is -1.51. The highest BCUT2D eigenvalue weighted by atomic mass is 16.2. The van der Waals surface area contributed by atoms with Crippen molar-refractivity contribution in [2.45, 2.75) is 53.0 Å². The van der Waals surface area contributed by atoms with Crippen LogP contribution in [0.15, 0.2) is 12.1 Å². The van der Waals surface area contributed by atoms with Gasteiger partial charge in [-0.3, -0.25) is 4.79 Å². The van der Waals surface area contributed by atoms with Gasteiger partial charge in [-0.1, -0.05) is 6.07 Å². The number of amides is 1. The second-order valence-electron chi connectivity index (χ2n) is 6.43. The molecular formula is C16H24N2O. The SMILES string of the molecule is Cc1ccc(NC(C)(C)C)c(C)c1N1CCCC1=O. The summed E-state index contributed by atoms with van der Waals surface area (Å²) >= 11 is 0. The third kappa shape index (κ3) is 2.91. The lowest BCUT2D eigenvalue weighted by Crippen LogP contribution is -2.29. The van der Waals surface area contributed by atoms with Gasteiger partial charge in [0, 0.05) is 24.2 Å². The van der Waals surface area contributed by atoms with Gasteiger partial charge >= 0.3 is 0 Å². The van der Waals surface area contributed by atoms with E-state index in [2.05, 4.69) is 52.1 Å². The first kappa shape index (κ1) is 13.9. The molecule has 1 aliphatic rings. The second kappa shape index (κ2) is 4.87. The van der Waals surface area contributed by atoms with Gasteiger partial charge in [-0.25, -0.2) is 0 Å². The summed E-state index contributed by atoms with van der Waals surface area (Å²) in [5.74, 6) is 0.249. The Morgan fingerprint density at radius 2 is 1.89 bits per heavy atom. The molecule has 0 bridgehead atoms. The van der Waals surface area contributed by atoms with Crippen LogP contribution in [0, 0.1) is 13.8 Å². The topological polar surface area (TPSA) is 32.3 Å². The van der Waals surface area contributed by atoms with Crippen LogP contribution in [0.2, 0.25) is 0 Å². The molecule has 3 nitrogen and oxygen atoms in total. The Bertz CT molecular complexity index is 500. The number of hydrogen-bond donors (Lipinski definition) is 1. The summed E-state index contributed by atoms with van der Waals surface area (Å²) < 4.78 is 0. The molecule has 19 heavy (non-hydrogen) atoms. The molecule has 1 fully saturated rings. The molecular weight excluding hydrogens is 236 g/mol. The maximum Gasteiger partial charge on any atom is 0.227 e. The summed E-state index contributed by atoms with van der Waals surface area (Å²) in [5, 5.41) is 3.52. The van der Waals surface area contributed by atoms with E-state index in [1.54, 1.807) is 0 Å². The van der Waals surface area contributed by atoms with E-state index in [1.807, 2.05) is 4.90 Å². The van der Waals surface area contributed by atoms with E-state index in [9.17, 15) is 4.79 Å². The normalized spacial score (nSPS) is 16.1. The molecule has 1 N–H and O–H groups in total. The first-order chi connectivity index (χ1) is 8.79. The molecule has 3 heteroatoms. The van der Waals surface area contributed by atoms with Crippen molar-refractivity contribution in [2.24, 2.45) is 0 Å². The van der Waals surface area contributed by atoms with Gasteiger partial charge < -0.3 is 10.2 Å². The number of carbonyl (C=O) groups is 1.